The maximum Gasteiger partial charge on any atom is 0.274 e. The van der Waals surface area contributed by atoms with Gasteiger partial charge in [-0.2, -0.15) is 10.2 Å². The van der Waals surface area contributed by atoms with Crippen molar-refractivity contribution in [2.24, 2.45) is 0 Å². The van der Waals surface area contributed by atoms with Gasteiger partial charge in [0.15, 0.2) is 0 Å². The molecule has 0 saturated heterocycles. The van der Waals surface area contributed by atoms with E-state index in [9.17, 15) is 9.59 Å². The molecular weight excluding hydrogens is 430 g/mol. The van der Waals surface area contributed by atoms with Gasteiger partial charge < -0.3 is 10.6 Å². The molecule has 166 valence electrons. The van der Waals surface area contributed by atoms with Crippen molar-refractivity contribution in [3.63, 3.8) is 0 Å². The molecule has 3 aromatic heterocycles. The molecule has 3 heterocycles. The van der Waals surface area contributed by atoms with E-state index in [2.05, 4.69) is 36.0 Å². The van der Waals surface area contributed by atoms with Crippen LogP contribution in [0.15, 0.2) is 91.5 Å². The molecule has 0 fully saturated rings. The number of hydrogen-bond acceptors (Lipinski definition) is 5. The smallest absolute Gasteiger partial charge is 0.274 e. The highest BCUT2D eigenvalue weighted by molar-refractivity contribution is 6.06. The number of benzene rings is 2. The largest absolute Gasteiger partial charge is 0.321 e. The van der Waals surface area contributed by atoms with Gasteiger partial charge in [0.2, 0.25) is 0 Å². The first-order valence-corrected chi connectivity index (χ1v) is 10.4. The van der Waals surface area contributed by atoms with Crippen molar-refractivity contribution in [1.82, 2.24) is 25.4 Å². The number of H-pyrrole nitrogens is 2. The van der Waals surface area contributed by atoms with E-state index in [1.165, 1.54) is 0 Å². The van der Waals surface area contributed by atoms with Crippen LogP contribution in [0.2, 0.25) is 0 Å². The van der Waals surface area contributed by atoms with E-state index < -0.39 is 11.8 Å². The van der Waals surface area contributed by atoms with Crippen LogP contribution in [0.3, 0.4) is 0 Å². The number of carbonyl (C=O) groups excluding carboxylic acids is 2. The molecule has 5 aromatic rings. The maximum absolute atomic E-state index is 12.8. The van der Waals surface area contributed by atoms with Gasteiger partial charge >= 0.3 is 0 Å². The number of rotatable bonds is 6. The zero-order valence-corrected chi connectivity index (χ0v) is 17.8. The lowest BCUT2D eigenvalue weighted by Gasteiger charge is -2.09. The normalized spacial score (nSPS) is 10.6. The predicted octanol–water partition coefficient (Wildman–Crippen LogP) is 4.37. The summed E-state index contributed by atoms with van der Waals surface area (Å²) >= 11 is 0. The maximum atomic E-state index is 12.8. The summed E-state index contributed by atoms with van der Waals surface area (Å²) in [5.41, 5.74) is 5.11. The second kappa shape index (κ2) is 9.21. The molecule has 0 saturated carbocycles. The lowest BCUT2D eigenvalue weighted by molar-refractivity contribution is 0.101. The van der Waals surface area contributed by atoms with Crippen molar-refractivity contribution in [1.29, 1.82) is 0 Å². The molecule has 0 aliphatic heterocycles. The van der Waals surface area contributed by atoms with Crippen LogP contribution in [0, 0.1) is 0 Å². The summed E-state index contributed by atoms with van der Waals surface area (Å²) in [6, 6.07) is 19.5. The van der Waals surface area contributed by atoms with Gasteiger partial charge in [0.05, 0.1) is 12.4 Å². The molecule has 0 bridgehead atoms. The highest BCUT2D eigenvalue weighted by Crippen LogP contribution is 2.23. The molecule has 2 amide bonds. The van der Waals surface area contributed by atoms with E-state index in [1.807, 2.05) is 36.4 Å². The molecule has 5 rings (SSSR count). The molecule has 0 spiro atoms. The number of carbonyl (C=O) groups is 2. The van der Waals surface area contributed by atoms with Crippen molar-refractivity contribution in [2.75, 3.05) is 10.6 Å². The topological polar surface area (TPSA) is 128 Å². The molecule has 0 radical (unpaired) electrons. The Hall–Kier alpha value is -5.05. The van der Waals surface area contributed by atoms with Crippen molar-refractivity contribution in [2.45, 2.75) is 0 Å². The van der Waals surface area contributed by atoms with E-state index in [1.54, 1.807) is 55.1 Å². The Labute approximate surface area is 194 Å². The van der Waals surface area contributed by atoms with Gasteiger partial charge in [-0.3, -0.25) is 19.8 Å². The molecule has 4 N–H and O–H groups in total. The van der Waals surface area contributed by atoms with Crippen LogP contribution < -0.4 is 10.6 Å². The molecule has 0 aliphatic carbocycles. The van der Waals surface area contributed by atoms with E-state index in [4.69, 9.17) is 0 Å². The Morgan fingerprint density at radius 1 is 0.618 bits per heavy atom. The van der Waals surface area contributed by atoms with E-state index in [0.717, 1.165) is 22.3 Å². The number of anilines is 2. The number of aromatic nitrogens is 5. The van der Waals surface area contributed by atoms with Crippen molar-refractivity contribution in [3.05, 3.63) is 103 Å². The summed E-state index contributed by atoms with van der Waals surface area (Å²) in [5, 5.41) is 19.1. The number of hydrogen-bond donors (Lipinski definition) is 4. The average molecular weight is 449 g/mol. The van der Waals surface area contributed by atoms with Crippen LogP contribution in [-0.4, -0.2) is 37.2 Å². The fourth-order valence-corrected chi connectivity index (χ4v) is 3.45. The number of amides is 2. The van der Waals surface area contributed by atoms with Gasteiger partial charge in [0.25, 0.3) is 11.8 Å². The van der Waals surface area contributed by atoms with Crippen LogP contribution in [-0.2, 0) is 0 Å². The van der Waals surface area contributed by atoms with Gasteiger partial charge in [-0.15, -0.1) is 0 Å². The lowest BCUT2D eigenvalue weighted by Crippen LogP contribution is -2.18. The second-order valence-corrected chi connectivity index (χ2v) is 7.45. The minimum Gasteiger partial charge on any atom is -0.321 e. The summed E-state index contributed by atoms with van der Waals surface area (Å²) in [4.78, 5) is 29.8. The summed E-state index contributed by atoms with van der Waals surface area (Å²) in [6.45, 7) is 0. The minimum atomic E-state index is -0.416. The molecular formula is C25H19N7O2. The molecule has 9 nitrogen and oxygen atoms in total. The van der Waals surface area contributed by atoms with Crippen molar-refractivity contribution >= 4 is 23.2 Å². The third-order valence-corrected chi connectivity index (χ3v) is 5.12. The first-order chi connectivity index (χ1) is 16.7. The number of nitrogens with one attached hydrogen (secondary N) is 4. The Kier molecular flexibility index (Phi) is 5.64. The summed E-state index contributed by atoms with van der Waals surface area (Å²) in [6.07, 6.45) is 6.95. The zero-order chi connectivity index (χ0) is 23.3. The first kappa shape index (κ1) is 20.8. The van der Waals surface area contributed by atoms with Gasteiger partial charge in [-0.1, -0.05) is 30.3 Å². The van der Waals surface area contributed by atoms with Crippen LogP contribution in [0.1, 0.15) is 21.0 Å². The molecule has 9 heteroatoms. The Balaban J connectivity index is 1.30. The van der Waals surface area contributed by atoms with Crippen molar-refractivity contribution < 1.29 is 9.59 Å². The van der Waals surface area contributed by atoms with Crippen LogP contribution in [0.25, 0.3) is 22.3 Å². The third kappa shape index (κ3) is 4.58. The van der Waals surface area contributed by atoms with Crippen LogP contribution in [0.5, 0.6) is 0 Å². The molecule has 34 heavy (non-hydrogen) atoms. The summed E-state index contributed by atoms with van der Waals surface area (Å²) in [7, 11) is 0. The molecule has 2 aromatic carbocycles. The zero-order valence-electron chi connectivity index (χ0n) is 17.8. The van der Waals surface area contributed by atoms with E-state index >= 15 is 0 Å². The second-order valence-electron chi connectivity index (χ2n) is 7.45. The summed E-state index contributed by atoms with van der Waals surface area (Å²) in [5.74, 6) is -0.832. The SMILES string of the molecule is O=C(Nc1cccc(-c2cn[nH]c2)c1)c1cccc(C(=O)Nc2cccc(-c3cn[nH]c3)c2)n1. The molecule has 0 aliphatic rings. The highest BCUT2D eigenvalue weighted by atomic mass is 16.2. The minimum absolute atomic E-state index is 0.133. The summed E-state index contributed by atoms with van der Waals surface area (Å²) < 4.78 is 0. The number of aromatic amines is 2. The van der Waals surface area contributed by atoms with Crippen LogP contribution >= 0.6 is 0 Å². The van der Waals surface area contributed by atoms with Gasteiger partial charge in [-0.05, 0) is 47.5 Å². The first-order valence-electron chi connectivity index (χ1n) is 10.4. The highest BCUT2D eigenvalue weighted by Gasteiger charge is 2.14. The fourth-order valence-electron chi connectivity index (χ4n) is 3.45. The van der Waals surface area contributed by atoms with E-state index in [-0.39, 0.29) is 11.4 Å². The molecule has 0 atom stereocenters. The quantitative estimate of drug-likeness (QED) is 0.306. The number of nitrogens with zero attached hydrogens (tertiary/aromatic N) is 3. The fraction of sp³-hybridized carbons (Fsp3) is 0. The predicted molar refractivity (Wildman–Crippen MR) is 128 cm³/mol. The standard InChI is InChI=1S/C25H19N7O2/c33-24(30-20-6-1-4-16(10-20)18-12-26-27-13-18)22-8-3-9-23(32-22)25(34)31-21-7-2-5-17(11-21)19-14-28-29-15-19/h1-15H,(H,26,27)(H,28,29)(H,30,33)(H,31,34). The average Bonchev–Trinajstić information content (AvgIpc) is 3.59. The van der Waals surface area contributed by atoms with Gasteiger partial charge in [-0.25, -0.2) is 4.98 Å². The number of pyridine rings is 1. The Bertz CT molecular complexity index is 1340. The van der Waals surface area contributed by atoms with Gasteiger partial charge in [0, 0.05) is 34.9 Å². The Morgan fingerprint density at radius 3 is 1.53 bits per heavy atom. The monoisotopic (exact) mass is 449 g/mol. The van der Waals surface area contributed by atoms with Crippen LogP contribution in [0.4, 0.5) is 11.4 Å². The molecule has 0 unspecified atom stereocenters. The third-order valence-electron chi connectivity index (χ3n) is 5.12. The Morgan fingerprint density at radius 2 is 1.09 bits per heavy atom. The van der Waals surface area contributed by atoms with Gasteiger partial charge in [0.1, 0.15) is 11.4 Å². The van der Waals surface area contributed by atoms with Crippen molar-refractivity contribution in [3.8, 4) is 22.3 Å². The van der Waals surface area contributed by atoms with E-state index in [0.29, 0.717) is 11.4 Å². The lowest BCUT2D eigenvalue weighted by atomic mass is 10.1.